The van der Waals surface area contributed by atoms with Gasteiger partial charge in [-0.25, -0.2) is 4.98 Å². The normalized spacial score (nSPS) is 17.0. The number of nitrogens with zero attached hydrogens (tertiary/aromatic N) is 5. The van der Waals surface area contributed by atoms with E-state index in [1.165, 1.54) is 11.4 Å². The Labute approximate surface area is 131 Å². The third kappa shape index (κ3) is 3.08. The van der Waals surface area contributed by atoms with Crippen molar-refractivity contribution in [3.05, 3.63) is 35.7 Å². The third-order valence-electron chi connectivity index (χ3n) is 4.31. The third-order valence-corrected chi connectivity index (χ3v) is 4.31. The van der Waals surface area contributed by atoms with E-state index in [9.17, 15) is 5.11 Å². The first kappa shape index (κ1) is 15.2. The molecule has 1 aliphatic rings. The van der Waals surface area contributed by atoms with Crippen molar-refractivity contribution in [2.45, 2.75) is 45.4 Å². The standard InChI is InChI=1S/C16H25N5O/c1-12(2)16-18-14-11-20(8-5-15(14)19(16)3)9-13(22)10-21-7-4-6-17-21/h4,6-7,12-13,22H,5,8-11H2,1-3H3/t13-/m1/s1. The smallest absolute Gasteiger partial charge is 0.111 e. The fraction of sp³-hybridized carbons (Fsp3) is 0.625. The molecule has 0 aromatic carbocycles. The Bertz CT molecular complexity index is 617. The molecule has 120 valence electrons. The first-order valence-corrected chi connectivity index (χ1v) is 7.96. The van der Waals surface area contributed by atoms with Gasteiger partial charge in [0.05, 0.1) is 18.3 Å². The lowest BCUT2D eigenvalue weighted by Crippen LogP contribution is -2.38. The number of aromatic nitrogens is 4. The van der Waals surface area contributed by atoms with Crippen molar-refractivity contribution in [3.8, 4) is 0 Å². The van der Waals surface area contributed by atoms with Crippen LogP contribution in [0.15, 0.2) is 18.5 Å². The lowest BCUT2D eigenvalue weighted by Gasteiger charge is -2.28. The molecule has 1 aliphatic heterocycles. The Morgan fingerprint density at radius 1 is 1.32 bits per heavy atom. The predicted molar refractivity (Wildman–Crippen MR) is 84.5 cm³/mol. The topological polar surface area (TPSA) is 59.1 Å². The molecule has 0 aliphatic carbocycles. The number of aliphatic hydroxyl groups excluding tert-OH is 1. The maximum Gasteiger partial charge on any atom is 0.111 e. The minimum absolute atomic E-state index is 0.408. The van der Waals surface area contributed by atoms with Gasteiger partial charge in [-0.3, -0.25) is 9.58 Å². The molecule has 22 heavy (non-hydrogen) atoms. The van der Waals surface area contributed by atoms with E-state index in [4.69, 9.17) is 4.98 Å². The van der Waals surface area contributed by atoms with Gasteiger partial charge in [0.15, 0.2) is 0 Å². The summed E-state index contributed by atoms with van der Waals surface area (Å²) in [6, 6.07) is 1.88. The van der Waals surface area contributed by atoms with Gasteiger partial charge in [-0.15, -0.1) is 0 Å². The predicted octanol–water partition coefficient (Wildman–Crippen LogP) is 1.16. The second-order valence-corrected chi connectivity index (χ2v) is 6.44. The largest absolute Gasteiger partial charge is 0.390 e. The Morgan fingerprint density at radius 3 is 2.82 bits per heavy atom. The van der Waals surface area contributed by atoms with Crippen LogP contribution in [-0.2, 0) is 26.6 Å². The summed E-state index contributed by atoms with van der Waals surface area (Å²) in [7, 11) is 2.11. The zero-order valence-corrected chi connectivity index (χ0v) is 13.6. The van der Waals surface area contributed by atoms with Crippen LogP contribution < -0.4 is 0 Å². The molecule has 6 nitrogen and oxygen atoms in total. The number of aliphatic hydroxyl groups is 1. The minimum Gasteiger partial charge on any atom is -0.390 e. The molecule has 0 fully saturated rings. The van der Waals surface area contributed by atoms with Crippen molar-refractivity contribution in [2.24, 2.45) is 7.05 Å². The summed E-state index contributed by atoms with van der Waals surface area (Å²) in [5.41, 5.74) is 2.52. The molecule has 3 heterocycles. The second kappa shape index (κ2) is 6.22. The number of imidazole rings is 1. The molecule has 1 atom stereocenters. The summed E-state index contributed by atoms with van der Waals surface area (Å²) in [5.74, 6) is 1.60. The number of β-amino-alcohol motifs (C(OH)–C–C–N with tert-alkyl or cyclic N) is 1. The minimum atomic E-state index is -0.408. The van der Waals surface area contributed by atoms with Crippen molar-refractivity contribution in [2.75, 3.05) is 13.1 Å². The molecule has 0 unspecified atom stereocenters. The van der Waals surface area contributed by atoms with Gasteiger partial charge in [-0.2, -0.15) is 5.10 Å². The fourth-order valence-corrected chi connectivity index (χ4v) is 3.26. The fourth-order valence-electron chi connectivity index (χ4n) is 3.26. The molecule has 0 spiro atoms. The maximum atomic E-state index is 10.2. The van der Waals surface area contributed by atoms with Gasteiger partial charge < -0.3 is 9.67 Å². The van der Waals surface area contributed by atoms with Crippen molar-refractivity contribution < 1.29 is 5.11 Å². The summed E-state index contributed by atoms with van der Waals surface area (Å²) < 4.78 is 4.02. The van der Waals surface area contributed by atoms with E-state index < -0.39 is 6.10 Å². The molecule has 1 N–H and O–H groups in total. The average Bonchev–Trinajstić information content (AvgIpc) is 3.07. The highest BCUT2D eigenvalue weighted by atomic mass is 16.3. The highest BCUT2D eigenvalue weighted by molar-refractivity contribution is 5.21. The van der Waals surface area contributed by atoms with Crippen molar-refractivity contribution in [3.63, 3.8) is 0 Å². The van der Waals surface area contributed by atoms with Crippen molar-refractivity contribution >= 4 is 0 Å². The summed E-state index contributed by atoms with van der Waals surface area (Å²) in [6.45, 7) is 7.35. The van der Waals surface area contributed by atoms with Crippen LogP contribution in [0.5, 0.6) is 0 Å². The van der Waals surface area contributed by atoms with Gasteiger partial charge in [0.25, 0.3) is 0 Å². The quantitative estimate of drug-likeness (QED) is 0.900. The number of rotatable bonds is 5. The van der Waals surface area contributed by atoms with Crippen molar-refractivity contribution in [1.29, 1.82) is 0 Å². The Morgan fingerprint density at radius 2 is 2.14 bits per heavy atom. The molecule has 3 rings (SSSR count). The molecule has 2 aromatic heterocycles. The lowest BCUT2D eigenvalue weighted by molar-refractivity contribution is 0.0879. The van der Waals surface area contributed by atoms with Gasteiger partial charge in [0, 0.05) is 57.1 Å². The van der Waals surface area contributed by atoms with E-state index in [1.807, 2.05) is 12.3 Å². The zero-order valence-electron chi connectivity index (χ0n) is 13.6. The Balaban J connectivity index is 1.63. The molecule has 2 aromatic rings. The van der Waals surface area contributed by atoms with E-state index in [-0.39, 0.29) is 0 Å². The van der Waals surface area contributed by atoms with Gasteiger partial charge in [0.2, 0.25) is 0 Å². The molecule has 0 bridgehead atoms. The molecule has 0 amide bonds. The van der Waals surface area contributed by atoms with Gasteiger partial charge in [-0.1, -0.05) is 13.8 Å². The zero-order chi connectivity index (χ0) is 15.7. The van der Waals surface area contributed by atoms with Crippen LogP contribution in [0, 0.1) is 0 Å². The number of hydrogen-bond donors (Lipinski definition) is 1. The van der Waals surface area contributed by atoms with Crippen LogP contribution in [0.2, 0.25) is 0 Å². The molecule has 0 saturated heterocycles. The highest BCUT2D eigenvalue weighted by Crippen LogP contribution is 2.23. The van der Waals surface area contributed by atoms with E-state index in [0.29, 0.717) is 19.0 Å². The monoisotopic (exact) mass is 303 g/mol. The Hall–Kier alpha value is -1.66. The number of fused-ring (bicyclic) bond motifs is 1. The van der Waals surface area contributed by atoms with Crippen LogP contribution in [0.3, 0.4) is 0 Å². The van der Waals surface area contributed by atoms with Gasteiger partial charge >= 0.3 is 0 Å². The maximum absolute atomic E-state index is 10.2. The summed E-state index contributed by atoms with van der Waals surface area (Å²) in [6.07, 6.45) is 4.21. The average molecular weight is 303 g/mol. The summed E-state index contributed by atoms with van der Waals surface area (Å²) in [5, 5.41) is 14.4. The molecule has 0 saturated carbocycles. The van der Waals surface area contributed by atoms with E-state index in [1.54, 1.807) is 10.9 Å². The number of hydrogen-bond acceptors (Lipinski definition) is 4. The van der Waals surface area contributed by atoms with Crippen LogP contribution in [0.1, 0.15) is 37.0 Å². The molecular formula is C16H25N5O. The van der Waals surface area contributed by atoms with Crippen LogP contribution >= 0.6 is 0 Å². The Kier molecular flexibility index (Phi) is 4.31. The SMILES string of the molecule is CC(C)c1nc2c(n1C)CCN(C[C@@H](O)Cn1cccn1)C2. The molecular weight excluding hydrogens is 278 g/mol. The molecule has 6 heteroatoms. The highest BCUT2D eigenvalue weighted by Gasteiger charge is 2.24. The van der Waals surface area contributed by atoms with Gasteiger partial charge in [-0.05, 0) is 6.07 Å². The van der Waals surface area contributed by atoms with Crippen molar-refractivity contribution in [1.82, 2.24) is 24.2 Å². The molecule has 0 radical (unpaired) electrons. The van der Waals surface area contributed by atoms with E-state index >= 15 is 0 Å². The van der Waals surface area contributed by atoms with Crippen LogP contribution in [0.4, 0.5) is 0 Å². The van der Waals surface area contributed by atoms with E-state index in [2.05, 4.69) is 35.5 Å². The second-order valence-electron chi connectivity index (χ2n) is 6.44. The summed E-state index contributed by atoms with van der Waals surface area (Å²) >= 11 is 0. The van der Waals surface area contributed by atoms with Crippen LogP contribution in [0.25, 0.3) is 0 Å². The summed E-state index contributed by atoms with van der Waals surface area (Å²) in [4.78, 5) is 7.09. The first-order chi connectivity index (χ1) is 10.5. The van der Waals surface area contributed by atoms with E-state index in [0.717, 1.165) is 25.3 Å². The first-order valence-electron chi connectivity index (χ1n) is 7.96. The lowest BCUT2D eigenvalue weighted by atomic mass is 10.1. The van der Waals surface area contributed by atoms with Crippen LogP contribution in [-0.4, -0.2) is 48.5 Å². The van der Waals surface area contributed by atoms with Gasteiger partial charge in [0.1, 0.15) is 5.82 Å².